The molecular weight excluding hydrogens is 416 g/mol. The van der Waals surface area contributed by atoms with Crippen LogP contribution in [0.3, 0.4) is 0 Å². The Kier molecular flexibility index (Phi) is 6.23. The molecule has 3 rings (SSSR count). The van der Waals surface area contributed by atoms with Crippen LogP contribution in [0.25, 0.3) is 0 Å². The molecule has 2 aromatic carbocycles. The van der Waals surface area contributed by atoms with E-state index in [0.717, 1.165) is 6.07 Å². The first-order chi connectivity index (χ1) is 14.6. The summed E-state index contributed by atoms with van der Waals surface area (Å²) in [5.74, 6) is -1.94. The Hall–Kier alpha value is -3.89. The van der Waals surface area contributed by atoms with Crippen LogP contribution in [-0.4, -0.2) is 36.9 Å². The van der Waals surface area contributed by atoms with Crippen LogP contribution in [0, 0.1) is 0 Å². The summed E-state index contributed by atoms with van der Waals surface area (Å²) in [7, 11) is 0. The molecule has 0 aliphatic carbocycles. The number of amides is 3. The van der Waals surface area contributed by atoms with E-state index < -0.39 is 30.8 Å². The fraction of sp³-hybridized carbons (Fsp3) is 0.250. The lowest BCUT2D eigenvalue weighted by molar-refractivity contribution is -0.286. The lowest BCUT2D eigenvalue weighted by atomic mass is 10.2. The number of halogens is 2. The zero-order chi connectivity index (χ0) is 22.6. The molecule has 2 aromatic rings. The third kappa shape index (κ3) is 5.81. The number of esters is 1. The average molecular weight is 435 g/mol. The minimum absolute atomic E-state index is 0.0551. The van der Waals surface area contributed by atoms with Crippen LogP contribution < -0.4 is 25.4 Å². The lowest BCUT2D eigenvalue weighted by Crippen LogP contribution is -2.34. The molecule has 3 N–H and O–H groups in total. The third-order valence-electron chi connectivity index (χ3n) is 3.83. The average Bonchev–Trinajstić information content (AvgIpc) is 2.99. The maximum atomic E-state index is 13.1. The van der Waals surface area contributed by atoms with Gasteiger partial charge in [0.25, 0.3) is 5.91 Å². The van der Waals surface area contributed by atoms with Crippen LogP contribution in [-0.2, 0) is 9.53 Å². The molecule has 0 aromatic heterocycles. The van der Waals surface area contributed by atoms with E-state index in [2.05, 4.69) is 25.4 Å². The van der Waals surface area contributed by atoms with Gasteiger partial charge in [0.1, 0.15) is 0 Å². The lowest BCUT2D eigenvalue weighted by Gasteiger charge is -2.13. The highest BCUT2D eigenvalue weighted by Crippen LogP contribution is 2.42. The second kappa shape index (κ2) is 8.86. The summed E-state index contributed by atoms with van der Waals surface area (Å²) in [5.41, 5.74) is 0.413. The van der Waals surface area contributed by atoms with Crippen molar-refractivity contribution in [3.05, 3.63) is 48.0 Å². The van der Waals surface area contributed by atoms with Gasteiger partial charge in [-0.15, -0.1) is 8.78 Å². The predicted molar refractivity (Wildman–Crippen MR) is 105 cm³/mol. The van der Waals surface area contributed by atoms with E-state index in [1.807, 2.05) is 0 Å². The molecule has 0 saturated carbocycles. The van der Waals surface area contributed by atoms with Gasteiger partial charge < -0.3 is 30.2 Å². The number of carbonyl (C=O) groups is 3. The molecule has 0 fully saturated rings. The molecule has 0 bridgehead atoms. The van der Waals surface area contributed by atoms with Crippen LogP contribution in [0.5, 0.6) is 11.5 Å². The highest BCUT2D eigenvalue weighted by atomic mass is 19.3. The summed E-state index contributed by atoms with van der Waals surface area (Å²) in [5, 5.41) is 7.57. The molecule has 0 saturated heterocycles. The Morgan fingerprint density at radius 2 is 1.74 bits per heavy atom. The molecule has 1 aliphatic heterocycles. The first-order valence-corrected chi connectivity index (χ1v) is 9.16. The Balaban J connectivity index is 1.57. The maximum absolute atomic E-state index is 13.1. The number of fused-ring (bicyclic) bond motifs is 1. The number of alkyl halides is 2. The molecule has 1 heterocycles. The first-order valence-electron chi connectivity index (χ1n) is 9.16. The number of carbonyl (C=O) groups excluding carboxylic acids is 3. The summed E-state index contributed by atoms with van der Waals surface area (Å²) < 4.78 is 39.7. The van der Waals surface area contributed by atoms with Crippen LogP contribution in [0.4, 0.5) is 25.0 Å². The van der Waals surface area contributed by atoms with Crippen molar-refractivity contribution in [3.8, 4) is 11.5 Å². The van der Waals surface area contributed by atoms with Crippen molar-refractivity contribution < 1.29 is 37.4 Å². The Bertz CT molecular complexity index is 1010. The van der Waals surface area contributed by atoms with Crippen molar-refractivity contribution >= 4 is 29.3 Å². The van der Waals surface area contributed by atoms with Gasteiger partial charge >= 0.3 is 18.3 Å². The highest BCUT2D eigenvalue weighted by molar-refractivity contribution is 6.02. The third-order valence-corrected chi connectivity index (χ3v) is 3.83. The standard InChI is InChI=1S/C20H19F2N3O6/c1-11(2)23-19(28)25-14-6-4-3-5-13(14)18(27)29-10-17(26)24-12-7-8-15-16(9-12)31-20(21,22)30-15/h3-9,11H,10H2,1-2H3,(H,24,26)(H2,23,25,28). The van der Waals surface area contributed by atoms with E-state index in [4.69, 9.17) is 4.74 Å². The van der Waals surface area contributed by atoms with Crippen molar-refractivity contribution in [3.63, 3.8) is 0 Å². The van der Waals surface area contributed by atoms with Gasteiger partial charge in [0.05, 0.1) is 11.3 Å². The largest absolute Gasteiger partial charge is 0.586 e. The minimum Gasteiger partial charge on any atom is -0.452 e. The smallest absolute Gasteiger partial charge is 0.452 e. The fourth-order valence-corrected chi connectivity index (χ4v) is 2.62. The van der Waals surface area contributed by atoms with Gasteiger partial charge in [-0.25, -0.2) is 9.59 Å². The summed E-state index contributed by atoms with van der Waals surface area (Å²) in [6.07, 6.45) is -3.77. The molecular formula is C20H19F2N3O6. The second-order valence-electron chi connectivity index (χ2n) is 6.75. The molecule has 31 heavy (non-hydrogen) atoms. The normalized spacial score (nSPS) is 13.5. The van der Waals surface area contributed by atoms with Crippen molar-refractivity contribution in [1.82, 2.24) is 5.32 Å². The molecule has 0 radical (unpaired) electrons. The van der Waals surface area contributed by atoms with Gasteiger partial charge in [-0.3, -0.25) is 4.79 Å². The monoisotopic (exact) mass is 435 g/mol. The molecule has 164 valence electrons. The molecule has 0 unspecified atom stereocenters. The van der Waals surface area contributed by atoms with E-state index in [1.54, 1.807) is 26.0 Å². The van der Waals surface area contributed by atoms with E-state index >= 15 is 0 Å². The maximum Gasteiger partial charge on any atom is 0.586 e. The Morgan fingerprint density at radius 3 is 2.48 bits per heavy atom. The van der Waals surface area contributed by atoms with Crippen molar-refractivity contribution in [1.29, 1.82) is 0 Å². The SMILES string of the molecule is CC(C)NC(=O)Nc1ccccc1C(=O)OCC(=O)Nc1ccc2c(c1)OC(F)(F)O2. The van der Waals surface area contributed by atoms with Gasteiger partial charge in [0.15, 0.2) is 18.1 Å². The summed E-state index contributed by atoms with van der Waals surface area (Å²) >= 11 is 0. The van der Waals surface area contributed by atoms with Gasteiger partial charge in [-0.1, -0.05) is 12.1 Å². The number of ether oxygens (including phenoxy) is 3. The van der Waals surface area contributed by atoms with Crippen molar-refractivity contribution in [2.45, 2.75) is 26.2 Å². The highest BCUT2D eigenvalue weighted by Gasteiger charge is 2.43. The first kappa shape index (κ1) is 21.8. The molecule has 11 heteroatoms. The minimum atomic E-state index is -3.77. The Morgan fingerprint density at radius 1 is 1.03 bits per heavy atom. The molecule has 3 amide bonds. The van der Waals surface area contributed by atoms with E-state index in [9.17, 15) is 23.2 Å². The van der Waals surface area contributed by atoms with E-state index in [1.165, 1.54) is 24.3 Å². The van der Waals surface area contributed by atoms with Crippen LogP contribution >= 0.6 is 0 Å². The summed E-state index contributed by atoms with van der Waals surface area (Å²) in [6.45, 7) is 2.92. The number of anilines is 2. The Labute approximate surface area is 175 Å². The molecule has 0 spiro atoms. The number of hydrogen-bond acceptors (Lipinski definition) is 6. The number of rotatable bonds is 6. The fourth-order valence-electron chi connectivity index (χ4n) is 2.62. The number of hydrogen-bond donors (Lipinski definition) is 3. The number of nitrogens with one attached hydrogen (secondary N) is 3. The van der Waals surface area contributed by atoms with E-state index in [-0.39, 0.29) is 34.5 Å². The quantitative estimate of drug-likeness (QED) is 0.600. The number of para-hydroxylation sites is 1. The summed E-state index contributed by atoms with van der Waals surface area (Å²) in [6, 6.07) is 9.23. The zero-order valence-electron chi connectivity index (χ0n) is 16.5. The van der Waals surface area contributed by atoms with Crippen LogP contribution in [0.15, 0.2) is 42.5 Å². The van der Waals surface area contributed by atoms with Crippen LogP contribution in [0.1, 0.15) is 24.2 Å². The van der Waals surface area contributed by atoms with Crippen molar-refractivity contribution in [2.75, 3.05) is 17.2 Å². The summed E-state index contributed by atoms with van der Waals surface area (Å²) in [4.78, 5) is 36.3. The molecule has 0 atom stereocenters. The second-order valence-corrected chi connectivity index (χ2v) is 6.75. The predicted octanol–water partition coefficient (Wildman–Crippen LogP) is 3.33. The van der Waals surface area contributed by atoms with Gasteiger partial charge in [-0.05, 0) is 38.1 Å². The molecule has 9 nitrogen and oxygen atoms in total. The van der Waals surface area contributed by atoms with Gasteiger partial charge in [0, 0.05) is 17.8 Å². The number of benzene rings is 2. The van der Waals surface area contributed by atoms with Crippen molar-refractivity contribution in [2.24, 2.45) is 0 Å². The zero-order valence-corrected chi connectivity index (χ0v) is 16.5. The molecule has 1 aliphatic rings. The van der Waals surface area contributed by atoms with Crippen LogP contribution in [0.2, 0.25) is 0 Å². The number of urea groups is 1. The van der Waals surface area contributed by atoms with Gasteiger partial charge in [-0.2, -0.15) is 0 Å². The van der Waals surface area contributed by atoms with E-state index in [0.29, 0.717) is 0 Å². The topological polar surface area (TPSA) is 115 Å². The van der Waals surface area contributed by atoms with Gasteiger partial charge in [0.2, 0.25) is 0 Å².